The van der Waals surface area contributed by atoms with Gasteiger partial charge in [-0.15, -0.1) is 5.10 Å². The summed E-state index contributed by atoms with van der Waals surface area (Å²) in [7, 11) is 1.60. The van der Waals surface area contributed by atoms with E-state index < -0.39 is 0 Å². The van der Waals surface area contributed by atoms with Crippen LogP contribution in [0.25, 0.3) is 11.4 Å². The molecule has 0 saturated heterocycles. The number of rotatable bonds is 5. The molecule has 0 aliphatic rings. The number of hydrazine groups is 1. The first-order valence-corrected chi connectivity index (χ1v) is 7.95. The largest absolute Gasteiger partial charge is 0.382 e. The van der Waals surface area contributed by atoms with Gasteiger partial charge in [0.05, 0.1) is 12.0 Å². The third-order valence-electron chi connectivity index (χ3n) is 3.53. The molecule has 2 aromatic heterocycles. The Kier molecular flexibility index (Phi) is 4.97. The number of hydrazone groups is 1. The van der Waals surface area contributed by atoms with E-state index >= 15 is 0 Å². The molecule has 0 saturated carbocycles. The van der Waals surface area contributed by atoms with Gasteiger partial charge in [0.1, 0.15) is 5.69 Å². The predicted molar refractivity (Wildman–Crippen MR) is 98.7 cm³/mol. The Morgan fingerprint density at radius 2 is 2.04 bits per heavy atom. The number of nitrogens with zero attached hydrogens (tertiary/aromatic N) is 5. The first-order valence-electron chi connectivity index (χ1n) is 7.57. The van der Waals surface area contributed by atoms with Gasteiger partial charge in [-0.2, -0.15) is 0 Å². The van der Waals surface area contributed by atoms with Crippen LogP contribution in [0.15, 0.2) is 60.2 Å². The van der Waals surface area contributed by atoms with Gasteiger partial charge in [0.15, 0.2) is 5.84 Å². The SMILES string of the molecule is CN(N)/N=C(\N)c1ccnc(-c2cn(Cc3ccccc3Cl)cn2)c1. The highest BCUT2D eigenvalue weighted by Crippen LogP contribution is 2.19. The molecule has 0 atom stereocenters. The van der Waals surface area contributed by atoms with Crippen molar-refractivity contribution in [1.82, 2.24) is 19.7 Å². The number of hydrogen-bond donors (Lipinski definition) is 2. The van der Waals surface area contributed by atoms with Crippen LogP contribution in [0.4, 0.5) is 0 Å². The molecule has 0 radical (unpaired) electrons. The third kappa shape index (κ3) is 4.14. The maximum atomic E-state index is 6.21. The smallest absolute Gasteiger partial charge is 0.152 e. The summed E-state index contributed by atoms with van der Waals surface area (Å²) in [6.07, 6.45) is 5.33. The molecule has 0 amide bonds. The summed E-state index contributed by atoms with van der Waals surface area (Å²) in [5, 5.41) is 5.88. The van der Waals surface area contributed by atoms with Crippen molar-refractivity contribution in [2.45, 2.75) is 6.54 Å². The lowest BCUT2D eigenvalue weighted by Crippen LogP contribution is -2.25. The molecule has 0 aliphatic heterocycles. The summed E-state index contributed by atoms with van der Waals surface area (Å²) in [5.41, 5.74) is 9.12. The maximum absolute atomic E-state index is 6.21. The molecule has 3 aromatic rings. The van der Waals surface area contributed by atoms with E-state index in [9.17, 15) is 0 Å². The maximum Gasteiger partial charge on any atom is 0.152 e. The standard InChI is InChI=1S/C17H18ClN7/c1-24(20)23-17(19)12-6-7-21-15(8-12)16-10-25(11-22-16)9-13-4-2-3-5-14(13)18/h2-8,10-11H,9,20H2,1H3,(H2,19,23). The zero-order valence-electron chi connectivity index (χ0n) is 13.7. The van der Waals surface area contributed by atoms with Crippen molar-refractivity contribution < 1.29 is 0 Å². The number of pyridine rings is 1. The zero-order valence-corrected chi connectivity index (χ0v) is 14.4. The molecule has 7 nitrogen and oxygen atoms in total. The predicted octanol–water partition coefficient (Wildman–Crippen LogP) is 2.07. The van der Waals surface area contributed by atoms with Crippen molar-refractivity contribution in [1.29, 1.82) is 0 Å². The van der Waals surface area contributed by atoms with E-state index in [4.69, 9.17) is 23.2 Å². The first kappa shape index (κ1) is 16.9. The average molecular weight is 356 g/mol. The van der Waals surface area contributed by atoms with Crippen molar-refractivity contribution in [3.8, 4) is 11.4 Å². The van der Waals surface area contributed by atoms with E-state index in [0.717, 1.165) is 27.0 Å². The molecule has 25 heavy (non-hydrogen) atoms. The Bertz CT molecular complexity index is 901. The lowest BCUT2D eigenvalue weighted by atomic mass is 10.2. The van der Waals surface area contributed by atoms with Crippen LogP contribution in [0.3, 0.4) is 0 Å². The summed E-state index contributed by atoms with van der Waals surface area (Å²) < 4.78 is 1.95. The van der Waals surface area contributed by atoms with Crippen LogP contribution in [0.5, 0.6) is 0 Å². The van der Waals surface area contributed by atoms with E-state index in [1.165, 1.54) is 0 Å². The molecule has 0 fully saturated rings. The normalized spacial score (nSPS) is 11.6. The van der Waals surface area contributed by atoms with E-state index in [2.05, 4.69) is 15.1 Å². The fourth-order valence-electron chi connectivity index (χ4n) is 2.36. The molecule has 0 aliphatic carbocycles. The van der Waals surface area contributed by atoms with Crippen LogP contribution < -0.4 is 11.6 Å². The molecule has 0 unspecified atom stereocenters. The minimum absolute atomic E-state index is 0.309. The topological polar surface area (TPSA) is 98.4 Å². The average Bonchev–Trinajstić information content (AvgIpc) is 3.05. The van der Waals surface area contributed by atoms with Crippen LogP contribution in [-0.4, -0.2) is 32.5 Å². The van der Waals surface area contributed by atoms with E-state index in [0.29, 0.717) is 18.1 Å². The molecular formula is C17H18ClN7. The van der Waals surface area contributed by atoms with Gasteiger partial charge >= 0.3 is 0 Å². The fourth-order valence-corrected chi connectivity index (χ4v) is 2.56. The zero-order chi connectivity index (χ0) is 17.8. The van der Waals surface area contributed by atoms with Crippen molar-refractivity contribution in [2.24, 2.45) is 16.7 Å². The quantitative estimate of drug-likeness (QED) is 0.316. The number of halogens is 1. The summed E-state index contributed by atoms with van der Waals surface area (Å²) in [4.78, 5) is 8.77. The Morgan fingerprint density at radius 1 is 1.24 bits per heavy atom. The van der Waals surface area contributed by atoms with Gasteiger partial charge in [0.2, 0.25) is 0 Å². The van der Waals surface area contributed by atoms with Gasteiger partial charge in [0, 0.05) is 36.6 Å². The number of nitrogens with two attached hydrogens (primary N) is 2. The molecule has 0 spiro atoms. The van der Waals surface area contributed by atoms with Crippen LogP contribution in [-0.2, 0) is 6.54 Å². The highest BCUT2D eigenvalue weighted by Gasteiger charge is 2.08. The molecule has 0 bridgehead atoms. The second-order valence-electron chi connectivity index (χ2n) is 5.51. The van der Waals surface area contributed by atoms with Gasteiger partial charge in [0.25, 0.3) is 0 Å². The number of aromatic nitrogens is 3. The van der Waals surface area contributed by atoms with Gasteiger partial charge in [-0.05, 0) is 23.8 Å². The molecule has 3 rings (SSSR count). The minimum atomic E-state index is 0.309. The summed E-state index contributed by atoms with van der Waals surface area (Å²) in [5.74, 6) is 5.80. The molecular weight excluding hydrogens is 338 g/mol. The second-order valence-corrected chi connectivity index (χ2v) is 5.92. The fraction of sp³-hybridized carbons (Fsp3) is 0.118. The van der Waals surface area contributed by atoms with E-state index in [-0.39, 0.29) is 0 Å². The van der Waals surface area contributed by atoms with E-state index in [1.54, 1.807) is 25.6 Å². The van der Waals surface area contributed by atoms with Gasteiger partial charge in [-0.3, -0.25) is 4.98 Å². The highest BCUT2D eigenvalue weighted by molar-refractivity contribution is 6.31. The van der Waals surface area contributed by atoms with Gasteiger partial charge in [-0.25, -0.2) is 15.9 Å². The Labute approximate surface area is 150 Å². The summed E-state index contributed by atoms with van der Waals surface area (Å²) >= 11 is 6.21. The second kappa shape index (κ2) is 7.33. The number of amidine groups is 1. The van der Waals surface area contributed by atoms with E-state index in [1.807, 2.05) is 41.1 Å². The van der Waals surface area contributed by atoms with Crippen molar-refractivity contribution in [3.05, 3.63) is 71.3 Å². The van der Waals surface area contributed by atoms with Gasteiger partial charge in [-0.1, -0.05) is 29.8 Å². The van der Waals surface area contributed by atoms with Crippen molar-refractivity contribution in [2.75, 3.05) is 7.05 Å². The first-order chi connectivity index (χ1) is 12.0. The lowest BCUT2D eigenvalue weighted by Gasteiger charge is -2.07. The van der Waals surface area contributed by atoms with Crippen molar-refractivity contribution in [3.63, 3.8) is 0 Å². The lowest BCUT2D eigenvalue weighted by molar-refractivity contribution is 0.371. The summed E-state index contributed by atoms with van der Waals surface area (Å²) in [6, 6.07) is 11.3. The van der Waals surface area contributed by atoms with Crippen LogP contribution in [0.2, 0.25) is 5.02 Å². The van der Waals surface area contributed by atoms with Gasteiger partial charge < -0.3 is 10.3 Å². The molecule has 4 N–H and O–H groups in total. The molecule has 1 aromatic carbocycles. The Balaban J connectivity index is 1.84. The monoisotopic (exact) mass is 355 g/mol. The van der Waals surface area contributed by atoms with Crippen molar-refractivity contribution >= 4 is 17.4 Å². The Morgan fingerprint density at radius 3 is 2.80 bits per heavy atom. The molecule has 8 heteroatoms. The molecule has 2 heterocycles. The van der Waals surface area contributed by atoms with Crippen LogP contribution in [0.1, 0.15) is 11.1 Å². The Hall–Kier alpha value is -2.90. The highest BCUT2D eigenvalue weighted by atomic mass is 35.5. The number of imidazole rings is 1. The summed E-state index contributed by atoms with van der Waals surface area (Å²) in [6.45, 7) is 0.633. The minimum Gasteiger partial charge on any atom is -0.382 e. The number of hydrogen-bond acceptors (Lipinski definition) is 5. The van der Waals surface area contributed by atoms with Crippen LogP contribution in [0, 0.1) is 0 Å². The molecule has 128 valence electrons. The third-order valence-corrected chi connectivity index (χ3v) is 3.90. The van der Waals surface area contributed by atoms with Crippen LogP contribution >= 0.6 is 11.6 Å². The number of benzene rings is 1.